The smallest absolute Gasteiger partial charge is 0.262 e. The van der Waals surface area contributed by atoms with Crippen LogP contribution in [0, 0.1) is 4.77 Å². The van der Waals surface area contributed by atoms with Gasteiger partial charge in [0, 0.05) is 17.8 Å². The molecule has 1 amide bonds. The minimum Gasteiger partial charge on any atom is -0.344 e. The maximum Gasteiger partial charge on any atom is 0.262 e. The zero-order valence-corrected chi connectivity index (χ0v) is 19.5. The molecule has 2 aromatic carbocycles. The number of H-pyrrole nitrogens is 1. The van der Waals surface area contributed by atoms with E-state index in [-0.39, 0.29) is 30.5 Å². The number of rotatable bonds is 8. The van der Waals surface area contributed by atoms with E-state index in [1.54, 1.807) is 17.4 Å². The Morgan fingerprint density at radius 2 is 1.91 bits per heavy atom. The minimum atomic E-state index is -0.221. The van der Waals surface area contributed by atoms with Crippen LogP contribution < -0.4 is 10.9 Å². The standard InChI is InChI=1S/C25H25N3O2S2/c1-2-6-17-10-12-18(13-11-17)23(21-9-5-16-32-21)27-22(29)14-15-28-24(30)19-7-3-4-8-20(19)26-25(28)31/h3-5,7-13,16,23H,2,6,14-15H2,1H3,(H,26,31)(H,27,29). The van der Waals surface area contributed by atoms with Crippen molar-refractivity contribution in [3.05, 3.63) is 97.2 Å². The Morgan fingerprint density at radius 3 is 2.62 bits per heavy atom. The Bertz CT molecular complexity index is 1320. The first-order chi connectivity index (χ1) is 15.6. The molecule has 32 heavy (non-hydrogen) atoms. The Balaban J connectivity index is 1.52. The molecule has 0 spiro atoms. The third kappa shape index (κ3) is 4.89. The monoisotopic (exact) mass is 463 g/mol. The van der Waals surface area contributed by atoms with Gasteiger partial charge in [-0.25, -0.2) is 0 Å². The molecule has 2 heterocycles. The number of para-hydroxylation sites is 1. The summed E-state index contributed by atoms with van der Waals surface area (Å²) in [5, 5.41) is 5.71. The summed E-state index contributed by atoms with van der Waals surface area (Å²) in [6.07, 6.45) is 2.30. The van der Waals surface area contributed by atoms with E-state index in [0.29, 0.717) is 15.7 Å². The van der Waals surface area contributed by atoms with Gasteiger partial charge in [-0.15, -0.1) is 11.3 Å². The highest BCUT2D eigenvalue weighted by molar-refractivity contribution is 7.71. The van der Waals surface area contributed by atoms with Gasteiger partial charge in [-0.3, -0.25) is 14.2 Å². The zero-order chi connectivity index (χ0) is 22.5. The third-order valence-corrected chi connectivity index (χ3v) is 6.70. The molecule has 0 fully saturated rings. The van der Waals surface area contributed by atoms with E-state index in [2.05, 4.69) is 41.5 Å². The Labute approximate surface area is 195 Å². The van der Waals surface area contributed by atoms with Crippen molar-refractivity contribution in [1.82, 2.24) is 14.9 Å². The molecule has 164 valence electrons. The fraction of sp³-hybridized carbons (Fsp3) is 0.240. The van der Waals surface area contributed by atoms with E-state index >= 15 is 0 Å². The van der Waals surface area contributed by atoms with Crippen LogP contribution >= 0.6 is 23.6 Å². The molecule has 2 aromatic heterocycles. The highest BCUT2D eigenvalue weighted by Gasteiger charge is 2.18. The molecule has 0 bridgehead atoms. The fourth-order valence-electron chi connectivity index (χ4n) is 3.79. The molecule has 7 heteroatoms. The second kappa shape index (κ2) is 10.1. The van der Waals surface area contributed by atoms with Gasteiger partial charge in [0.05, 0.1) is 16.9 Å². The number of aromatic amines is 1. The summed E-state index contributed by atoms with van der Waals surface area (Å²) in [4.78, 5) is 29.9. The van der Waals surface area contributed by atoms with Crippen molar-refractivity contribution in [3.8, 4) is 0 Å². The maximum atomic E-state index is 12.9. The first-order valence-electron chi connectivity index (χ1n) is 10.7. The molecule has 0 radical (unpaired) electrons. The minimum absolute atomic E-state index is 0.129. The van der Waals surface area contributed by atoms with Crippen LogP contribution in [0.15, 0.2) is 70.8 Å². The molecule has 0 saturated heterocycles. The number of aromatic nitrogens is 2. The quantitative estimate of drug-likeness (QED) is 0.345. The summed E-state index contributed by atoms with van der Waals surface area (Å²) < 4.78 is 1.78. The molecule has 0 aliphatic rings. The fourth-order valence-corrected chi connectivity index (χ4v) is 4.87. The van der Waals surface area contributed by atoms with Gasteiger partial charge in [-0.05, 0) is 53.3 Å². The zero-order valence-electron chi connectivity index (χ0n) is 17.8. The van der Waals surface area contributed by atoms with E-state index < -0.39 is 0 Å². The predicted octanol–water partition coefficient (Wildman–Crippen LogP) is 5.37. The van der Waals surface area contributed by atoms with Gasteiger partial charge in [-0.2, -0.15) is 0 Å². The van der Waals surface area contributed by atoms with Crippen molar-refractivity contribution < 1.29 is 4.79 Å². The summed E-state index contributed by atoms with van der Waals surface area (Å²) in [5.74, 6) is -0.129. The molecule has 5 nitrogen and oxygen atoms in total. The lowest BCUT2D eigenvalue weighted by molar-refractivity contribution is -0.121. The van der Waals surface area contributed by atoms with Gasteiger partial charge in [0.1, 0.15) is 0 Å². The Hall–Kier alpha value is -3.03. The molecule has 0 aliphatic heterocycles. The van der Waals surface area contributed by atoms with Crippen LogP contribution in [-0.2, 0) is 17.8 Å². The molecule has 2 N–H and O–H groups in total. The lowest BCUT2D eigenvalue weighted by atomic mass is 10.0. The number of amides is 1. The summed E-state index contributed by atoms with van der Waals surface area (Å²) in [7, 11) is 0. The Kier molecular flexibility index (Phi) is 6.97. The summed E-state index contributed by atoms with van der Waals surface area (Å²) in [5.41, 5.74) is 2.85. The Morgan fingerprint density at radius 1 is 1.12 bits per heavy atom. The van der Waals surface area contributed by atoms with Crippen LogP contribution in [0.1, 0.15) is 41.8 Å². The highest BCUT2D eigenvalue weighted by Crippen LogP contribution is 2.26. The van der Waals surface area contributed by atoms with E-state index in [9.17, 15) is 9.59 Å². The van der Waals surface area contributed by atoms with Crippen molar-refractivity contribution in [2.45, 2.75) is 38.8 Å². The van der Waals surface area contributed by atoms with Crippen LogP contribution in [0.25, 0.3) is 10.9 Å². The molecule has 1 unspecified atom stereocenters. The number of thiophene rings is 1. The van der Waals surface area contributed by atoms with Crippen LogP contribution in [-0.4, -0.2) is 15.5 Å². The molecule has 0 saturated carbocycles. The van der Waals surface area contributed by atoms with Crippen LogP contribution in [0.4, 0.5) is 0 Å². The van der Waals surface area contributed by atoms with E-state index in [1.807, 2.05) is 35.7 Å². The first kappa shape index (κ1) is 22.2. The average molecular weight is 464 g/mol. The summed E-state index contributed by atoms with van der Waals surface area (Å²) in [6.45, 7) is 2.38. The van der Waals surface area contributed by atoms with Crippen LogP contribution in [0.5, 0.6) is 0 Å². The van der Waals surface area contributed by atoms with E-state index in [1.165, 1.54) is 10.1 Å². The number of benzene rings is 2. The number of carbonyl (C=O) groups excluding carboxylic acids is 1. The number of aryl methyl sites for hydroxylation is 1. The van der Waals surface area contributed by atoms with Crippen molar-refractivity contribution in [2.75, 3.05) is 0 Å². The average Bonchev–Trinajstić information content (AvgIpc) is 3.33. The lowest BCUT2D eigenvalue weighted by Crippen LogP contribution is -2.31. The summed E-state index contributed by atoms with van der Waals surface area (Å²) in [6, 6.07) is 19.5. The number of hydrogen-bond donors (Lipinski definition) is 2. The van der Waals surface area contributed by atoms with Crippen molar-refractivity contribution >= 4 is 40.4 Å². The second-order valence-electron chi connectivity index (χ2n) is 7.69. The first-order valence-corrected chi connectivity index (χ1v) is 12.0. The second-order valence-corrected chi connectivity index (χ2v) is 9.06. The lowest BCUT2D eigenvalue weighted by Gasteiger charge is -2.19. The van der Waals surface area contributed by atoms with Gasteiger partial charge in [0.15, 0.2) is 4.77 Å². The van der Waals surface area contributed by atoms with E-state index in [0.717, 1.165) is 23.3 Å². The molecule has 4 rings (SSSR count). The number of nitrogens with one attached hydrogen (secondary N) is 2. The highest BCUT2D eigenvalue weighted by atomic mass is 32.1. The molecular formula is C25H25N3O2S2. The molecule has 0 aliphatic carbocycles. The SMILES string of the molecule is CCCc1ccc(C(NC(=O)CCn2c(=S)[nH]c3ccccc3c2=O)c2cccs2)cc1. The van der Waals surface area contributed by atoms with Crippen LogP contribution in [0.2, 0.25) is 0 Å². The van der Waals surface area contributed by atoms with Crippen molar-refractivity contribution in [1.29, 1.82) is 0 Å². The predicted molar refractivity (Wildman–Crippen MR) is 133 cm³/mol. The van der Waals surface area contributed by atoms with Crippen molar-refractivity contribution in [2.24, 2.45) is 0 Å². The summed E-state index contributed by atoms with van der Waals surface area (Å²) >= 11 is 6.97. The number of fused-ring (bicyclic) bond motifs is 1. The number of hydrogen-bond acceptors (Lipinski definition) is 4. The maximum absolute atomic E-state index is 12.9. The van der Waals surface area contributed by atoms with Crippen LogP contribution in [0.3, 0.4) is 0 Å². The number of carbonyl (C=O) groups is 1. The largest absolute Gasteiger partial charge is 0.344 e. The molecule has 1 atom stereocenters. The molecule has 4 aromatic rings. The number of nitrogens with zero attached hydrogens (tertiary/aromatic N) is 1. The van der Waals surface area contributed by atoms with Gasteiger partial charge < -0.3 is 10.3 Å². The topological polar surface area (TPSA) is 66.9 Å². The normalized spacial score (nSPS) is 12.0. The van der Waals surface area contributed by atoms with Gasteiger partial charge in [0.25, 0.3) is 5.56 Å². The van der Waals surface area contributed by atoms with Gasteiger partial charge in [0.2, 0.25) is 5.91 Å². The van der Waals surface area contributed by atoms with Gasteiger partial charge in [-0.1, -0.05) is 55.8 Å². The van der Waals surface area contributed by atoms with Crippen molar-refractivity contribution in [3.63, 3.8) is 0 Å². The van der Waals surface area contributed by atoms with Gasteiger partial charge >= 0.3 is 0 Å². The third-order valence-electron chi connectivity index (χ3n) is 5.44. The van der Waals surface area contributed by atoms with E-state index in [4.69, 9.17) is 12.2 Å². The molecular weight excluding hydrogens is 438 g/mol.